The Labute approximate surface area is 294 Å². The van der Waals surface area contributed by atoms with Gasteiger partial charge in [0, 0.05) is 44.2 Å². The number of anilines is 1. The van der Waals surface area contributed by atoms with Crippen molar-refractivity contribution in [3.05, 3.63) is 54.1 Å². The molecule has 3 aliphatic rings. The van der Waals surface area contributed by atoms with Crippen LogP contribution >= 0.6 is 0 Å². The van der Waals surface area contributed by atoms with Crippen molar-refractivity contribution in [2.45, 2.75) is 69.2 Å². The van der Waals surface area contributed by atoms with Crippen LogP contribution in [0.1, 0.15) is 49.9 Å². The molecule has 0 aliphatic carbocycles. The van der Waals surface area contributed by atoms with Gasteiger partial charge < -0.3 is 24.2 Å². The minimum atomic E-state index is -4.10. The number of piperidine rings is 1. The van der Waals surface area contributed by atoms with Crippen LogP contribution in [0.15, 0.2) is 41.9 Å². The van der Waals surface area contributed by atoms with E-state index < -0.39 is 57.6 Å². The molecule has 18 heteroatoms. The quantitative estimate of drug-likeness (QED) is 0.274. The molecule has 0 saturated carbocycles. The van der Waals surface area contributed by atoms with Crippen molar-refractivity contribution in [2.75, 3.05) is 50.8 Å². The first-order chi connectivity index (χ1) is 24.2. The van der Waals surface area contributed by atoms with Gasteiger partial charge in [0.05, 0.1) is 37.2 Å². The molecule has 0 radical (unpaired) electrons. The third-order valence-corrected chi connectivity index (χ3v) is 11.1. The Morgan fingerprint density at radius 3 is 2.53 bits per heavy atom. The van der Waals surface area contributed by atoms with E-state index in [1.54, 1.807) is 13.8 Å². The third-order valence-electron chi connectivity index (χ3n) is 9.70. The maximum atomic E-state index is 14.3. The van der Waals surface area contributed by atoms with Crippen LogP contribution in [0.3, 0.4) is 0 Å². The molecule has 3 saturated heterocycles. The molecule has 3 fully saturated rings. The van der Waals surface area contributed by atoms with E-state index in [-0.39, 0.29) is 35.2 Å². The monoisotopic (exact) mass is 738 g/mol. The fraction of sp³-hybridized carbons (Fsp3) is 0.576. The maximum absolute atomic E-state index is 14.3. The Morgan fingerprint density at radius 2 is 1.90 bits per heavy atom. The molecule has 1 spiro atoms. The minimum Gasteiger partial charge on any atom is -0.451 e. The molecule has 2 atom stereocenters. The largest absolute Gasteiger partial charge is 0.451 e. The average Bonchev–Trinajstić information content (AvgIpc) is 3.43. The number of likely N-dealkylation sites (tertiary alicyclic amines) is 1. The van der Waals surface area contributed by atoms with Gasteiger partial charge >= 0.3 is 0 Å². The second-order valence-corrected chi connectivity index (χ2v) is 15.5. The number of rotatable bonds is 12. The molecule has 6 rings (SSSR count). The Balaban J connectivity index is 1.01. The number of aromatic nitrogens is 4. The molecule has 13 nitrogen and oxygen atoms in total. The highest BCUT2D eigenvalue weighted by atomic mass is 32.2. The molecule has 3 aliphatic heterocycles. The predicted molar refractivity (Wildman–Crippen MR) is 177 cm³/mol. The van der Waals surface area contributed by atoms with Crippen LogP contribution in [-0.4, -0.2) is 114 Å². The summed E-state index contributed by atoms with van der Waals surface area (Å²) in [5.41, 5.74) is -0.106. The highest BCUT2D eigenvalue weighted by Crippen LogP contribution is 2.45. The van der Waals surface area contributed by atoms with Crippen LogP contribution in [0.4, 0.5) is 23.4 Å². The third kappa shape index (κ3) is 8.45. The zero-order valence-electron chi connectivity index (χ0n) is 28.6. The number of carbonyl (C=O) groups excluding carboxylic acids is 1. The van der Waals surface area contributed by atoms with Crippen molar-refractivity contribution < 1.29 is 40.2 Å². The van der Waals surface area contributed by atoms with Gasteiger partial charge in [0.15, 0.2) is 17.4 Å². The fourth-order valence-corrected chi connectivity index (χ4v) is 8.28. The highest BCUT2D eigenvalue weighted by molar-refractivity contribution is 7.89. The van der Waals surface area contributed by atoms with Crippen molar-refractivity contribution in [2.24, 2.45) is 12.5 Å². The number of nitrogens with one attached hydrogen (secondary N) is 1. The summed E-state index contributed by atoms with van der Waals surface area (Å²) in [7, 11) is -2.65. The first kappa shape index (κ1) is 36.9. The first-order valence-corrected chi connectivity index (χ1v) is 18.4. The van der Waals surface area contributed by atoms with Crippen molar-refractivity contribution in [3.63, 3.8) is 0 Å². The van der Waals surface area contributed by atoms with Gasteiger partial charge in [0.2, 0.25) is 5.03 Å². The molecular weight excluding hydrogens is 696 g/mol. The number of alkyl halides is 2. The van der Waals surface area contributed by atoms with Crippen molar-refractivity contribution in [1.29, 1.82) is 0 Å². The van der Waals surface area contributed by atoms with Crippen LogP contribution in [0.2, 0.25) is 0 Å². The lowest BCUT2D eigenvalue weighted by molar-refractivity contribution is -0.0299. The number of halogens is 4. The fourth-order valence-electron chi connectivity index (χ4n) is 7.00. The molecule has 1 N–H and O–H groups in total. The van der Waals surface area contributed by atoms with Crippen LogP contribution in [0.25, 0.3) is 0 Å². The Bertz CT molecular complexity index is 1810. The van der Waals surface area contributed by atoms with E-state index in [2.05, 4.69) is 29.6 Å². The number of sulfonamides is 1. The number of carbonyl (C=O) groups is 1. The lowest BCUT2D eigenvalue weighted by Gasteiger charge is -2.54. The summed E-state index contributed by atoms with van der Waals surface area (Å²) in [6.07, 6.45) is 4.18. The van der Waals surface area contributed by atoms with E-state index in [0.717, 1.165) is 73.5 Å². The second kappa shape index (κ2) is 15.0. The molecule has 2 aromatic heterocycles. The van der Waals surface area contributed by atoms with E-state index in [4.69, 9.17) is 9.47 Å². The molecule has 278 valence electrons. The summed E-state index contributed by atoms with van der Waals surface area (Å²) in [4.78, 5) is 27.2. The van der Waals surface area contributed by atoms with Crippen LogP contribution in [-0.2, 0) is 21.8 Å². The summed E-state index contributed by atoms with van der Waals surface area (Å²) in [6.45, 7) is 6.50. The van der Waals surface area contributed by atoms with Crippen molar-refractivity contribution >= 4 is 21.7 Å². The predicted octanol–water partition coefficient (Wildman–Crippen LogP) is 3.82. The molecular formula is C33H42F4N8O5S. The standard InChI is InChI=1S/C33H42F4N8O5S/c1-21(2)45(16-29(36)37)32(46)25-12-22(34)4-7-27(25)50-28-13-38-20-39-30(28)44-18-33(19-44)8-10-43(11-9-33)14-24-6-5-23(17-49-24)41-51(47,48)31-26(35)15-42(3)40-31/h4,7,12-13,15,20-21,23-24,29,41H,5-6,8-11,14,16-19H2,1-3H3/t23-,24+/m1/s1. The van der Waals surface area contributed by atoms with Crippen molar-refractivity contribution in [1.82, 2.24) is 34.3 Å². The van der Waals surface area contributed by atoms with Crippen LogP contribution in [0, 0.1) is 17.0 Å². The number of benzene rings is 1. The van der Waals surface area contributed by atoms with Gasteiger partial charge in [-0.3, -0.25) is 9.48 Å². The summed E-state index contributed by atoms with van der Waals surface area (Å²) >= 11 is 0. The van der Waals surface area contributed by atoms with Gasteiger partial charge in [-0.25, -0.2) is 40.7 Å². The van der Waals surface area contributed by atoms with Gasteiger partial charge in [-0.05, 0) is 70.8 Å². The number of nitrogens with zero attached hydrogens (tertiary/aromatic N) is 7. The lowest BCUT2D eigenvalue weighted by atomic mass is 9.72. The second-order valence-electron chi connectivity index (χ2n) is 13.9. The summed E-state index contributed by atoms with van der Waals surface area (Å²) in [5.74, 6) is -1.59. The Hall–Kier alpha value is -3.87. The number of amides is 1. The molecule has 3 aromatic rings. The van der Waals surface area contributed by atoms with E-state index >= 15 is 0 Å². The maximum Gasteiger partial charge on any atom is 0.263 e. The van der Waals surface area contributed by atoms with E-state index in [1.807, 2.05) is 0 Å². The number of hydrogen-bond acceptors (Lipinski definition) is 10. The van der Waals surface area contributed by atoms with Crippen molar-refractivity contribution in [3.8, 4) is 11.5 Å². The SMILES string of the molecule is CC(C)N(CC(F)F)C(=O)c1cc(F)ccc1Oc1cncnc1N1CC2(CCN(C[C@@H]3CC[C@@H](NS(=O)(=O)c4nn(C)cc4F)CO3)CC2)C1. The number of aryl methyl sites for hydroxylation is 1. The van der Waals surface area contributed by atoms with Crippen LogP contribution < -0.4 is 14.4 Å². The molecule has 1 amide bonds. The van der Waals surface area contributed by atoms with E-state index in [9.17, 15) is 30.8 Å². The molecule has 0 bridgehead atoms. The first-order valence-electron chi connectivity index (χ1n) is 16.9. The van der Waals surface area contributed by atoms with Gasteiger partial charge in [0.1, 0.15) is 17.9 Å². The minimum absolute atomic E-state index is 0.0108. The van der Waals surface area contributed by atoms with Gasteiger partial charge in [-0.15, -0.1) is 0 Å². The smallest absolute Gasteiger partial charge is 0.263 e. The van der Waals surface area contributed by atoms with Gasteiger partial charge in [-0.1, -0.05) is 0 Å². The number of hydrogen-bond donors (Lipinski definition) is 1. The van der Waals surface area contributed by atoms with E-state index in [0.29, 0.717) is 18.7 Å². The zero-order chi connectivity index (χ0) is 36.5. The summed E-state index contributed by atoms with van der Waals surface area (Å²) in [6, 6.07) is 2.40. The summed E-state index contributed by atoms with van der Waals surface area (Å²) < 4.78 is 95.8. The molecule has 51 heavy (non-hydrogen) atoms. The molecule has 0 unspecified atom stereocenters. The number of ether oxygens (including phenoxy) is 2. The zero-order valence-corrected chi connectivity index (χ0v) is 29.5. The molecule has 5 heterocycles. The highest BCUT2D eigenvalue weighted by Gasteiger charge is 2.46. The van der Waals surface area contributed by atoms with Gasteiger partial charge in [-0.2, -0.15) is 5.10 Å². The topological polar surface area (TPSA) is 135 Å². The van der Waals surface area contributed by atoms with Gasteiger partial charge in [0.25, 0.3) is 22.4 Å². The Kier molecular flexibility index (Phi) is 10.9. The molecule has 1 aromatic carbocycles. The van der Waals surface area contributed by atoms with E-state index in [1.165, 1.54) is 25.6 Å². The van der Waals surface area contributed by atoms with Crippen LogP contribution in [0.5, 0.6) is 11.5 Å². The summed E-state index contributed by atoms with van der Waals surface area (Å²) in [5, 5.41) is 3.10. The Morgan fingerprint density at radius 1 is 1.16 bits per heavy atom. The average molecular weight is 739 g/mol. The normalized spacial score (nSPS) is 20.9. The lowest BCUT2D eigenvalue weighted by Crippen LogP contribution is -2.61.